The summed E-state index contributed by atoms with van der Waals surface area (Å²) < 4.78 is 11.8. The van der Waals surface area contributed by atoms with Crippen molar-refractivity contribution in [3.8, 4) is 0 Å². The lowest BCUT2D eigenvalue weighted by Gasteiger charge is -2.08. The van der Waals surface area contributed by atoms with Crippen LogP contribution in [0.3, 0.4) is 0 Å². The lowest BCUT2D eigenvalue weighted by Crippen LogP contribution is -2.25. The van der Waals surface area contributed by atoms with Crippen LogP contribution in [0.4, 0.5) is 5.69 Å². The molecule has 20 heavy (non-hydrogen) atoms. The van der Waals surface area contributed by atoms with Gasteiger partial charge < -0.3 is 14.8 Å². The molecule has 1 aromatic rings. The fraction of sp³-hybridized carbons (Fsp3) is 0.714. The average Bonchev–Trinajstić information content (AvgIpc) is 3.26. The van der Waals surface area contributed by atoms with Gasteiger partial charge in [0.2, 0.25) is 0 Å². The Morgan fingerprint density at radius 1 is 1.40 bits per heavy atom. The van der Waals surface area contributed by atoms with E-state index in [1.807, 2.05) is 0 Å². The molecule has 0 spiro atoms. The quantitative estimate of drug-likeness (QED) is 0.651. The van der Waals surface area contributed by atoms with E-state index in [-0.39, 0.29) is 5.56 Å². The third-order valence-corrected chi connectivity index (χ3v) is 3.25. The number of anilines is 1. The van der Waals surface area contributed by atoms with Crippen LogP contribution in [-0.4, -0.2) is 43.3 Å². The number of hydrogen-bond donors (Lipinski definition) is 1. The summed E-state index contributed by atoms with van der Waals surface area (Å²) in [6.07, 6.45) is 5.15. The maximum Gasteiger partial charge on any atom is 0.268 e. The van der Waals surface area contributed by atoms with Gasteiger partial charge in [-0.2, -0.15) is 5.10 Å². The lowest BCUT2D eigenvalue weighted by atomic mass is 10.4. The lowest BCUT2D eigenvalue weighted by molar-refractivity contribution is 0.0954. The zero-order valence-electron chi connectivity index (χ0n) is 12.0. The zero-order chi connectivity index (χ0) is 14.2. The topological polar surface area (TPSA) is 65.4 Å². The maximum absolute atomic E-state index is 11.9. The number of methoxy groups -OCH3 is 1. The van der Waals surface area contributed by atoms with Gasteiger partial charge in [0.25, 0.3) is 5.56 Å². The van der Waals surface area contributed by atoms with Gasteiger partial charge in [0, 0.05) is 32.9 Å². The summed E-state index contributed by atoms with van der Waals surface area (Å²) in [5, 5.41) is 7.39. The van der Waals surface area contributed by atoms with Gasteiger partial charge in [-0.1, -0.05) is 0 Å². The molecule has 0 saturated heterocycles. The molecule has 1 aliphatic rings. The van der Waals surface area contributed by atoms with Crippen molar-refractivity contribution >= 4 is 5.69 Å². The second-order valence-electron chi connectivity index (χ2n) is 5.09. The first-order chi connectivity index (χ1) is 9.79. The molecule has 6 nitrogen and oxygen atoms in total. The van der Waals surface area contributed by atoms with Crippen molar-refractivity contribution in [3.63, 3.8) is 0 Å². The van der Waals surface area contributed by atoms with E-state index in [0.29, 0.717) is 26.4 Å². The first kappa shape index (κ1) is 15.0. The number of hydrogen-bond acceptors (Lipinski definition) is 5. The molecule has 0 aromatic carbocycles. The predicted molar refractivity (Wildman–Crippen MR) is 77.0 cm³/mol. The van der Waals surface area contributed by atoms with E-state index in [1.165, 1.54) is 17.5 Å². The molecular formula is C14H23N3O3. The minimum absolute atomic E-state index is 0.0914. The second kappa shape index (κ2) is 8.01. The smallest absolute Gasteiger partial charge is 0.268 e. The summed E-state index contributed by atoms with van der Waals surface area (Å²) in [7, 11) is 1.67. The molecule has 1 N–H and O–H groups in total. The molecular weight excluding hydrogens is 258 g/mol. The van der Waals surface area contributed by atoms with Crippen molar-refractivity contribution in [3.05, 3.63) is 22.6 Å². The SMILES string of the molecule is COCCCOCCn1ncc(NCC2CC2)cc1=O. The standard InChI is InChI=1S/C14H23N3O3/c1-19-6-2-7-20-8-5-17-14(18)9-13(11-16-17)15-10-12-3-4-12/h9,11-12,15H,2-8,10H2,1H3. The fourth-order valence-corrected chi connectivity index (χ4v) is 1.84. The highest BCUT2D eigenvalue weighted by molar-refractivity contribution is 5.38. The van der Waals surface area contributed by atoms with Crippen molar-refractivity contribution in [2.75, 3.05) is 38.8 Å². The average molecular weight is 281 g/mol. The molecule has 0 atom stereocenters. The molecule has 0 bridgehead atoms. The Kier molecular flexibility index (Phi) is 6.01. The third-order valence-electron chi connectivity index (χ3n) is 3.25. The van der Waals surface area contributed by atoms with Gasteiger partial charge in [-0.25, -0.2) is 4.68 Å². The van der Waals surface area contributed by atoms with Gasteiger partial charge in [-0.05, 0) is 25.2 Å². The van der Waals surface area contributed by atoms with E-state index in [2.05, 4.69) is 10.4 Å². The number of rotatable bonds is 10. The van der Waals surface area contributed by atoms with Gasteiger partial charge >= 0.3 is 0 Å². The predicted octanol–water partition coefficient (Wildman–Crippen LogP) is 1.12. The van der Waals surface area contributed by atoms with E-state index in [1.54, 1.807) is 19.4 Å². The van der Waals surface area contributed by atoms with Gasteiger partial charge in [0.05, 0.1) is 25.0 Å². The van der Waals surface area contributed by atoms with E-state index < -0.39 is 0 Å². The van der Waals surface area contributed by atoms with Crippen LogP contribution in [0.15, 0.2) is 17.1 Å². The molecule has 0 amide bonds. The normalized spacial score (nSPS) is 14.4. The minimum atomic E-state index is -0.0914. The van der Waals surface area contributed by atoms with Crippen molar-refractivity contribution in [1.29, 1.82) is 0 Å². The van der Waals surface area contributed by atoms with E-state index >= 15 is 0 Å². The first-order valence-electron chi connectivity index (χ1n) is 7.17. The van der Waals surface area contributed by atoms with Crippen LogP contribution >= 0.6 is 0 Å². The van der Waals surface area contributed by atoms with Crippen LogP contribution in [0.1, 0.15) is 19.3 Å². The first-order valence-corrected chi connectivity index (χ1v) is 7.17. The molecule has 0 aliphatic heterocycles. The van der Waals surface area contributed by atoms with Gasteiger partial charge in [-0.3, -0.25) is 4.79 Å². The van der Waals surface area contributed by atoms with Crippen molar-refractivity contribution in [2.45, 2.75) is 25.8 Å². The molecule has 112 valence electrons. The number of ether oxygens (including phenoxy) is 2. The van der Waals surface area contributed by atoms with Crippen LogP contribution in [0.5, 0.6) is 0 Å². The Hall–Kier alpha value is -1.40. The molecule has 6 heteroatoms. The zero-order valence-corrected chi connectivity index (χ0v) is 12.0. The molecule has 0 unspecified atom stereocenters. The fourth-order valence-electron chi connectivity index (χ4n) is 1.84. The number of nitrogens with one attached hydrogen (secondary N) is 1. The third kappa shape index (κ3) is 5.30. The van der Waals surface area contributed by atoms with Crippen LogP contribution in [0.2, 0.25) is 0 Å². The minimum Gasteiger partial charge on any atom is -0.385 e. The molecule has 1 heterocycles. The van der Waals surface area contributed by atoms with Crippen molar-refractivity contribution < 1.29 is 9.47 Å². The Labute approximate surface area is 119 Å². The number of nitrogens with zero attached hydrogens (tertiary/aromatic N) is 2. The molecule has 0 radical (unpaired) electrons. The van der Waals surface area contributed by atoms with Crippen LogP contribution < -0.4 is 10.9 Å². The van der Waals surface area contributed by atoms with E-state index in [4.69, 9.17) is 9.47 Å². The van der Waals surface area contributed by atoms with E-state index in [0.717, 1.165) is 24.6 Å². The Balaban J connectivity index is 1.69. The highest BCUT2D eigenvalue weighted by Gasteiger charge is 2.20. The molecule has 1 fully saturated rings. The van der Waals surface area contributed by atoms with Crippen LogP contribution in [-0.2, 0) is 16.0 Å². The summed E-state index contributed by atoms with van der Waals surface area (Å²) in [4.78, 5) is 11.9. The Bertz CT molecular complexity index is 457. The summed E-state index contributed by atoms with van der Waals surface area (Å²) in [5.41, 5.74) is 0.713. The highest BCUT2D eigenvalue weighted by atomic mass is 16.5. The summed E-state index contributed by atoms with van der Waals surface area (Å²) in [6, 6.07) is 1.60. The van der Waals surface area contributed by atoms with Gasteiger partial charge in [-0.15, -0.1) is 0 Å². The maximum atomic E-state index is 11.9. The molecule has 1 aromatic heterocycles. The van der Waals surface area contributed by atoms with Crippen molar-refractivity contribution in [2.24, 2.45) is 5.92 Å². The Morgan fingerprint density at radius 2 is 2.25 bits per heavy atom. The molecule has 1 saturated carbocycles. The van der Waals surface area contributed by atoms with Gasteiger partial charge in [0.1, 0.15) is 0 Å². The summed E-state index contributed by atoms with van der Waals surface area (Å²) in [5.74, 6) is 0.776. The number of aromatic nitrogens is 2. The van der Waals surface area contributed by atoms with Crippen LogP contribution in [0, 0.1) is 5.92 Å². The summed E-state index contributed by atoms with van der Waals surface area (Å²) in [6.45, 7) is 3.25. The summed E-state index contributed by atoms with van der Waals surface area (Å²) >= 11 is 0. The Morgan fingerprint density at radius 3 is 2.95 bits per heavy atom. The monoisotopic (exact) mass is 281 g/mol. The second-order valence-corrected chi connectivity index (χ2v) is 5.09. The van der Waals surface area contributed by atoms with Crippen LogP contribution in [0.25, 0.3) is 0 Å². The van der Waals surface area contributed by atoms with E-state index in [9.17, 15) is 4.79 Å². The largest absolute Gasteiger partial charge is 0.385 e. The molecule has 1 aliphatic carbocycles. The van der Waals surface area contributed by atoms with Crippen molar-refractivity contribution in [1.82, 2.24) is 9.78 Å². The highest BCUT2D eigenvalue weighted by Crippen LogP contribution is 2.28. The van der Waals surface area contributed by atoms with Gasteiger partial charge in [0.15, 0.2) is 0 Å². The molecule has 2 rings (SSSR count).